The van der Waals surface area contributed by atoms with Crippen molar-refractivity contribution in [2.75, 3.05) is 33.0 Å². The Kier molecular flexibility index (Phi) is 4.72. The third-order valence-electron chi connectivity index (χ3n) is 4.46. The van der Waals surface area contributed by atoms with Crippen LogP contribution < -0.4 is 9.47 Å². The third-order valence-corrected chi connectivity index (χ3v) is 5.30. The van der Waals surface area contributed by atoms with E-state index in [2.05, 4.69) is 11.0 Å². The van der Waals surface area contributed by atoms with Crippen LogP contribution in [0.15, 0.2) is 41.8 Å². The number of benzene rings is 1. The molecule has 25 heavy (non-hydrogen) atoms. The van der Waals surface area contributed by atoms with Gasteiger partial charge in [0, 0.05) is 43.7 Å². The number of carbonyl (C=O) groups is 1. The summed E-state index contributed by atoms with van der Waals surface area (Å²) in [6, 6.07) is 10.1. The first-order valence-electron chi connectivity index (χ1n) is 8.39. The Bertz CT molecular complexity index is 765. The van der Waals surface area contributed by atoms with Gasteiger partial charge in [-0.25, -0.2) is 0 Å². The zero-order chi connectivity index (χ0) is 17.1. The minimum atomic E-state index is 0.0936. The summed E-state index contributed by atoms with van der Waals surface area (Å²) in [4.78, 5) is 17.7. The van der Waals surface area contributed by atoms with Crippen molar-refractivity contribution in [2.24, 2.45) is 0 Å². The molecule has 3 heterocycles. The number of hydrogen-bond acceptors (Lipinski definition) is 5. The lowest BCUT2D eigenvalue weighted by molar-refractivity contribution is -0.127. The van der Waals surface area contributed by atoms with E-state index in [-0.39, 0.29) is 5.91 Å². The number of thiophene rings is 1. The molecule has 0 atom stereocenters. The number of hydrogen-bond donors (Lipinski definition) is 0. The predicted molar refractivity (Wildman–Crippen MR) is 97.8 cm³/mol. The first-order chi connectivity index (χ1) is 12.3. The van der Waals surface area contributed by atoms with Gasteiger partial charge in [-0.15, -0.1) is 11.3 Å². The number of ether oxygens (including phenoxy) is 2. The van der Waals surface area contributed by atoms with Crippen LogP contribution in [0, 0.1) is 0 Å². The summed E-state index contributed by atoms with van der Waals surface area (Å²) in [5.41, 5.74) is 1.21. The highest BCUT2D eigenvalue weighted by molar-refractivity contribution is 7.10. The third kappa shape index (κ3) is 3.86. The van der Waals surface area contributed by atoms with E-state index in [1.54, 1.807) is 17.4 Å². The van der Waals surface area contributed by atoms with Crippen LogP contribution in [0.4, 0.5) is 0 Å². The summed E-state index contributed by atoms with van der Waals surface area (Å²) in [5, 5.41) is 2.01. The minimum absolute atomic E-state index is 0.0936. The predicted octanol–water partition coefficient (Wildman–Crippen LogP) is 2.83. The van der Waals surface area contributed by atoms with Gasteiger partial charge in [0.15, 0.2) is 11.5 Å². The van der Waals surface area contributed by atoms with E-state index < -0.39 is 0 Å². The Balaban J connectivity index is 1.29. The van der Waals surface area contributed by atoms with Crippen LogP contribution in [0.3, 0.4) is 0 Å². The summed E-state index contributed by atoms with van der Waals surface area (Å²) in [7, 11) is 0. The lowest BCUT2D eigenvalue weighted by atomic mass is 10.1. The molecule has 2 aromatic rings. The lowest BCUT2D eigenvalue weighted by Crippen LogP contribution is -2.47. The first kappa shape index (κ1) is 16.2. The number of amides is 1. The second-order valence-corrected chi connectivity index (χ2v) is 7.12. The molecule has 4 rings (SSSR count). The fourth-order valence-electron chi connectivity index (χ4n) is 3.07. The maximum Gasteiger partial charge on any atom is 0.246 e. The van der Waals surface area contributed by atoms with Gasteiger partial charge >= 0.3 is 0 Å². The molecular formula is C19H20N2O3S. The van der Waals surface area contributed by atoms with Gasteiger partial charge < -0.3 is 14.4 Å². The number of carbonyl (C=O) groups excluding carboxylic acids is 1. The lowest BCUT2D eigenvalue weighted by Gasteiger charge is -2.34. The molecule has 0 saturated carbocycles. The number of fused-ring (bicyclic) bond motifs is 1. The van der Waals surface area contributed by atoms with Gasteiger partial charge in [0.25, 0.3) is 0 Å². The molecule has 1 aromatic carbocycles. The van der Waals surface area contributed by atoms with E-state index in [1.807, 2.05) is 40.6 Å². The average molecular weight is 356 g/mol. The molecule has 6 heteroatoms. The molecule has 1 saturated heterocycles. The van der Waals surface area contributed by atoms with Gasteiger partial charge in [0.05, 0.1) is 0 Å². The molecule has 130 valence electrons. The maximum atomic E-state index is 12.3. The molecule has 5 nitrogen and oxygen atoms in total. The number of rotatable bonds is 4. The summed E-state index contributed by atoms with van der Waals surface area (Å²) in [5.74, 6) is 1.73. The molecule has 2 aliphatic heterocycles. The van der Waals surface area contributed by atoms with Gasteiger partial charge in [-0.1, -0.05) is 12.1 Å². The highest BCUT2D eigenvalue weighted by atomic mass is 32.1. The van der Waals surface area contributed by atoms with Crippen LogP contribution in [-0.2, 0) is 11.3 Å². The standard InChI is InChI=1S/C19H20N2O3S/c22-19(6-4-16-2-1-11-25-16)21-9-7-20(8-10-21)13-15-3-5-17-18(12-15)24-14-23-17/h1-6,11-12H,7-10,13-14H2. The van der Waals surface area contributed by atoms with Crippen LogP contribution >= 0.6 is 11.3 Å². The van der Waals surface area contributed by atoms with Crippen molar-refractivity contribution >= 4 is 23.3 Å². The maximum absolute atomic E-state index is 12.3. The van der Waals surface area contributed by atoms with Crippen LogP contribution in [0.1, 0.15) is 10.4 Å². The smallest absolute Gasteiger partial charge is 0.246 e. The molecule has 1 fully saturated rings. The first-order valence-corrected chi connectivity index (χ1v) is 9.27. The Morgan fingerprint density at radius 3 is 2.76 bits per heavy atom. The average Bonchev–Trinajstić information content (AvgIpc) is 3.31. The Labute approximate surface area is 151 Å². The Morgan fingerprint density at radius 1 is 1.12 bits per heavy atom. The molecule has 2 aliphatic rings. The largest absolute Gasteiger partial charge is 0.454 e. The van der Waals surface area contributed by atoms with Crippen LogP contribution in [0.5, 0.6) is 11.5 Å². The molecule has 0 spiro atoms. The monoisotopic (exact) mass is 356 g/mol. The van der Waals surface area contributed by atoms with Gasteiger partial charge in [-0.3, -0.25) is 9.69 Å². The molecule has 0 bridgehead atoms. The van der Waals surface area contributed by atoms with Crippen LogP contribution in [0.2, 0.25) is 0 Å². The fraction of sp³-hybridized carbons (Fsp3) is 0.316. The zero-order valence-electron chi connectivity index (χ0n) is 13.9. The quantitative estimate of drug-likeness (QED) is 0.790. The summed E-state index contributed by atoms with van der Waals surface area (Å²) in [6.07, 6.45) is 3.57. The second kappa shape index (κ2) is 7.29. The van der Waals surface area contributed by atoms with E-state index in [9.17, 15) is 4.79 Å². The van der Waals surface area contributed by atoms with Crippen LogP contribution in [-0.4, -0.2) is 48.7 Å². The van der Waals surface area contributed by atoms with Gasteiger partial charge in [0.2, 0.25) is 12.7 Å². The van der Waals surface area contributed by atoms with Crippen molar-refractivity contribution in [3.05, 3.63) is 52.2 Å². The van der Waals surface area contributed by atoms with E-state index in [0.717, 1.165) is 49.1 Å². The Hall–Kier alpha value is -2.31. The summed E-state index contributed by atoms with van der Waals surface area (Å²) < 4.78 is 10.8. The molecule has 0 unspecified atom stereocenters. The number of nitrogens with zero attached hydrogens (tertiary/aromatic N) is 2. The van der Waals surface area contributed by atoms with E-state index in [1.165, 1.54) is 5.56 Å². The fourth-order valence-corrected chi connectivity index (χ4v) is 3.69. The molecule has 1 amide bonds. The van der Waals surface area contributed by atoms with Crippen molar-refractivity contribution in [1.82, 2.24) is 9.80 Å². The highest BCUT2D eigenvalue weighted by Gasteiger charge is 2.20. The summed E-state index contributed by atoms with van der Waals surface area (Å²) in [6.45, 7) is 4.46. The molecule has 0 radical (unpaired) electrons. The Morgan fingerprint density at radius 2 is 1.96 bits per heavy atom. The van der Waals surface area contributed by atoms with Crippen molar-refractivity contribution in [1.29, 1.82) is 0 Å². The van der Waals surface area contributed by atoms with Gasteiger partial charge in [-0.2, -0.15) is 0 Å². The minimum Gasteiger partial charge on any atom is -0.454 e. The molecule has 1 aromatic heterocycles. The van der Waals surface area contributed by atoms with Crippen molar-refractivity contribution in [3.8, 4) is 11.5 Å². The van der Waals surface area contributed by atoms with Gasteiger partial charge in [-0.05, 0) is 35.2 Å². The topological polar surface area (TPSA) is 42.0 Å². The van der Waals surface area contributed by atoms with E-state index in [4.69, 9.17) is 9.47 Å². The molecule has 0 N–H and O–H groups in total. The summed E-state index contributed by atoms with van der Waals surface area (Å²) >= 11 is 1.64. The second-order valence-electron chi connectivity index (χ2n) is 6.14. The SMILES string of the molecule is O=C(C=Cc1cccs1)N1CCN(Cc2ccc3c(c2)OCO3)CC1. The van der Waals surface area contributed by atoms with E-state index in [0.29, 0.717) is 6.79 Å². The van der Waals surface area contributed by atoms with E-state index >= 15 is 0 Å². The number of piperazine rings is 1. The highest BCUT2D eigenvalue weighted by Crippen LogP contribution is 2.32. The molecule has 0 aliphatic carbocycles. The van der Waals surface area contributed by atoms with Crippen molar-refractivity contribution < 1.29 is 14.3 Å². The molecular weight excluding hydrogens is 336 g/mol. The van der Waals surface area contributed by atoms with Crippen LogP contribution in [0.25, 0.3) is 6.08 Å². The zero-order valence-corrected chi connectivity index (χ0v) is 14.7. The normalized spacial score (nSPS) is 17.4. The van der Waals surface area contributed by atoms with Gasteiger partial charge in [0.1, 0.15) is 0 Å². The van der Waals surface area contributed by atoms with Crippen molar-refractivity contribution in [3.63, 3.8) is 0 Å². The van der Waals surface area contributed by atoms with Crippen molar-refractivity contribution in [2.45, 2.75) is 6.54 Å².